The minimum Gasteiger partial charge on any atom is -0.342 e. The number of halogens is 1. The van der Waals surface area contributed by atoms with Gasteiger partial charge in [0.2, 0.25) is 0 Å². The Hall–Kier alpha value is -1.05. The van der Waals surface area contributed by atoms with Gasteiger partial charge < -0.3 is 4.90 Å². The van der Waals surface area contributed by atoms with E-state index in [2.05, 4.69) is 4.99 Å². The third-order valence-electron chi connectivity index (χ3n) is 4.17. The van der Waals surface area contributed by atoms with Crippen LogP contribution >= 0.6 is 23.4 Å². The molecule has 2 fully saturated rings. The van der Waals surface area contributed by atoms with Gasteiger partial charge >= 0.3 is 0 Å². The highest BCUT2D eigenvalue weighted by molar-refractivity contribution is 8.15. The molecule has 0 aromatic heterocycles. The van der Waals surface area contributed by atoms with Gasteiger partial charge in [-0.05, 0) is 11.6 Å². The van der Waals surface area contributed by atoms with Crippen LogP contribution in [0.5, 0.6) is 0 Å². The second-order valence-electron chi connectivity index (χ2n) is 6.41. The average Bonchev–Trinajstić information content (AvgIpc) is 2.94. The van der Waals surface area contributed by atoms with Gasteiger partial charge in [0.1, 0.15) is 0 Å². The summed E-state index contributed by atoms with van der Waals surface area (Å²) in [6.07, 6.45) is 0. The van der Waals surface area contributed by atoms with Crippen LogP contribution in [0.1, 0.15) is 19.4 Å². The fourth-order valence-corrected chi connectivity index (χ4v) is 7.01. The second kappa shape index (κ2) is 6.69. The molecule has 2 aliphatic heterocycles. The highest BCUT2D eigenvalue weighted by atomic mass is 35.5. The lowest BCUT2D eigenvalue weighted by Gasteiger charge is -2.25. The number of sulfone groups is 1. The summed E-state index contributed by atoms with van der Waals surface area (Å²) in [5.74, 6) is -0.144. The van der Waals surface area contributed by atoms with Crippen molar-refractivity contribution in [1.82, 2.24) is 4.90 Å². The topological polar surface area (TPSA) is 66.8 Å². The molecule has 0 bridgehead atoms. The van der Waals surface area contributed by atoms with E-state index in [0.29, 0.717) is 16.7 Å². The van der Waals surface area contributed by atoms with E-state index in [4.69, 9.17) is 11.6 Å². The number of fused-ring (bicyclic) bond motifs is 1. The van der Waals surface area contributed by atoms with Crippen molar-refractivity contribution < 1.29 is 13.2 Å². The van der Waals surface area contributed by atoms with Crippen LogP contribution in [0.15, 0.2) is 29.3 Å². The molecule has 0 saturated carbocycles. The zero-order valence-corrected chi connectivity index (χ0v) is 15.9. The number of rotatable bonds is 3. The minimum absolute atomic E-state index is 0.0730. The summed E-state index contributed by atoms with van der Waals surface area (Å²) < 4.78 is 23.9. The van der Waals surface area contributed by atoms with E-state index in [9.17, 15) is 13.2 Å². The summed E-state index contributed by atoms with van der Waals surface area (Å²) in [7, 11) is -3.04. The largest absolute Gasteiger partial charge is 0.342 e. The highest BCUT2D eigenvalue weighted by Crippen LogP contribution is 2.39. The normalized spacial score (nSPS) is 27.0. The SMILES string of the molecule is CC(C)C(=O)N=C1S[C@H]2CS(=O)(=O)C[C@H]2N1Cc1ccccc1Cl. The van der Waals surface area contributed by atoms with Crippen LogP contribution in [0.4, 0.5) is 0 Å². The predicted octanol–water partition coefficient (Wildman–Crippen LogP) is 2.59. The first-order chi connectivity index (χ1) is 11.3. The molecule has 2 atom stereocenters. The molecule has 2 saturated heterocycles. The molecule has 1 aromatic carbocycles. The molecular formula is C16H19ClN2O3S2. The standard InChI is InChI=1S/C16H19ClN2O3S2/c1-10(2)15(20)18-16-19(7-11-5-3-4-6-12(11)17)13-8-24(21,22)9-14(13)23-16/h3-6,10,13-14H,7-9H2,1-2H3/t13-,14+/m1/s1. The third kappa shape index (κ3) is 3.63. The van der Waals surface area contributed by atoms with Crippen molar-refractivity contribution in [2.45, 2.75) is 31.7 Å². The van der Waals surface area contributed by atoms with Crippen LogP contribution in [-0.4, -0.2) is 47.2 Å². The van der Waals surface area contributed by atoms with Gasteiger partial charge in [0.15, 0.2) is 15.0 Å². The number of aliphatic imine (C=N–C) groups is 1. The lowest BCUT2D eigenvalue weighted by atomic mass is 10.1. The molecule has 0 aliphatic carbocycles. The lowest BCUT2D eigenvalue weighted by molar-refractivity contribution is -0.120. The number of nitrogens with zero attached hydrogens (tertiary/aromatic N) is 2. The van der Waals surface area contributed by atoms with Crippen LogP contribution in [-0.2, 0) is 21.2 Å². The smallest absolute Gasteiger partial charge is 0.250 e. The molecule has 130 valence electrons. The molecule has 0 unspecified atom stereocenters. The van der Waals surface area contributed by atoms with E-state index >= 15 is 0 Å². The average molecular weight is 387 g/mol. The monoisotopic (exact) mass is 386 g/mol. The summed E-state index contributed by atoms with van der Waals surface area (Å²) in [6, 6.07) is 7.30. The van der Waals surface area contributed by atoms with Crippen LogP contribution in [0.3, 0.4) is 0 Å². The van der Waals surface area contributed by atoms with E-state index in [1.165, 1.54) is 11.8 Å². The maximum absolute atomic E-state index is 12.0. The predicted molar refractivity (Wildman–Crippen MR) is 98.1 cm³/mol. The van der Waals surface area contributed by atoms with Crippen molar-refractivity contribution in [2.24, 2.45) is 10.9 Å². The van der Waals surface area contributed by atoms with E-state index in [1.807, 2.05) is 23.1 Å². The van der Waals surface area contributed by atoms with Crippen LogP contribution < -0.4 is 0 Å². The number of amidine groups is 1. The lowest BCUT2D eigenvalue weighted by Crippen LogP contribution is -2.37. The van der Waals surface area contributed by atoms with Crippen molar-refractivity contribution in [3.8, 4) is 0 Å². The molecule has 1 aromatic rings. The maximum atomic E-state index is 12.0. The van der Waals surface area contributed by atoms with E-state index in [0.717, 1.165) is 5.56 Å². The van der Waals surface area contributed by atoms with Gasteiger partial charge in [0.05, 0.1) is 17.5 Å². The molecule has 5 nitrogen and oxygen atoms in total. The Morgan fingerprint density at radius 2 is 2.08 bits per heavy atom. The second-order valence-corrected chi connectivity index (χ2v) is 10.2. The fraction of sp³-hybridized carbons (Fsp3) is 0.500. The van der Waals surface area contributed by atoms with Crippen molar-refractivity contribution in [1.29, 1.82) is 0 Å². The van der Waals surface area contributed by atoms with Crippen LogP contribution in [0.2, 0.25) is 5.02 Å². The van der Waals surface area contributed by atoms with Crippen molar-refractivity contribution in [3.63, 3.8) is 0 Å². The molecule has 3 rings (SSSR count). The Bertz CT molecular complexity index is 792. The fourth-order valence-electron chi connectivity index (χ4n) is 2.85. The van der Waals surface area contributed by atoms with Crippen LogP contribution in [0.25, 0.3) is 0 Å². The van der Waals surface area contributed by atoms with Gasteiger partial charge in [-0.1, -0.05) is 55.4 Å². The van der Waals surface area contributed by atoms with Gasteiger partial charge in [-0.3, -0.25) is 4.79 Å². The molecule has 8 heteroatoms. The number of hydrogen-bond donors (Lipinski definition) is 0. The van der Waals surface area contributed by atoms with E-state index < -0.39 is 9.84 Å². The number of carbonyl (C=O) groups excluding carboxylic acids is 1. The zero-order valence-electron chi connectivity index (χ0n) is 13.5. The van der Waals surface area contributed by atoms with Gasteiger partial charge in [-0.2, -0.15) is 4.99 Å². The van der Waals surface area contributed by atoms with Gasteiger partial charge in [-0.15, -0.1) is 0 Å². The molecule has 24 heavy (non-hydrogen) atoms. The number of carbonyl (C=O) groups is 1. The summed E-state index contributed by atoms with van der Waals surface area (Å²) in [4.78, 5) is 18.2. The molecule has 0 radical (unpaired) electrons. The summed E-state index contributed by atoms with van der Waals surface area (Å²) in [5, 5.41) is 1.16. The molecule has 0 spiro atoms. The molecular weight excluding hydrogens is 368 g/mol. The Kier molecular flexibility index (Phi) is 4.95. The number of thioether (sulfide) groups is 1. The van der Waals surface area contributed by atoms with E-state index in [1.54, 1.807) is 19.9 Å². The quantitative estimate of drug-likeness (QED) is 0.798. The minimum atomic E-state index is -3.04. The summed E-state index contributed by atoms with van der Waals surface area (Å²) >= 11 is 7.64. The maximum Gasteiger partial charge on any atom is 0.250 e. The number of benzene rings is 1. The molecule has 0 N–H and O–H groups in total. The zero-order chi connectivity index (χ0) is 17.5. The van der Waals surface area contributed by atoms with Crippen molar-refractivity contribution in [3.05, 3.63) is 34.9 Å². The Morgan fingerprint density at radius 1 is 1.38 bits per heavy atom. The van der Waals surface area contributed by atoms with Gasteiger partial charge in [0.25, 0.3) is 5.91 Å². The first-order valence-electron chi connectivity index (χ1n) is 7.76. The first-order valence-corrected chi connectivity index (χ1v) is 10.8. The Labute approximate surface area is 151 Å². The third-order valence-corrected chi connectivity index (χ3v) is 7.79. The number of hydrogen-bond acceptors (Lipinski definition) is 4. The molecule has 2 heterocycles. The van der Waals surface area contributed by atoms with Gasteiger partial charge in [0, 0.05) is 22.7 Å². The first kappa shape index (κ1) is 17.8. The van der Waals surface area contributed by atoms with E-state index in [-0.39, 0.29) is 34.6 Å². The summed E-state index contributed by atoms with van der Waals surface area (Å²) in [6.45, 7) is 4.05. The Morgan fingerprint density at radius 3 is 2.75 bits per heavy atom. The highest BCUT2D eigenvalue weighted by Gasteiger charge is 2.48. The van der Waals surface area contributed by atoms with Gasteiger partial charge in [-0.25, -0.2) is 8.42 Å². The van der Waals surface area contributed by atoms with Crippen molar-refractivity contribution >= 4 is 44.3 Å². The Balaban J connectivity index is 1.93. The molecule has 1 amide bonds. The molecule has 2 aliphatic rings. The summed E-state index contributed by atoms with van der Waals surface area (Å²) in [5.41, 5.74) is 0.898. The van der Waals surface area contributed by atoms with Crippen molar-refractivity contribution in [2.75, 3.05) is 11.5 Å². The van der Waals surface area contributed by atoms with Crippen LogP contribution in [0, 0.1) is 5.92 Å². The number of amides is 1.